The Labute approximate surface area is 355 Å². The summed E-state index contributed by atoms with van der Waals surface area (Å²) >= 11 is 0. The number of rotatable bonds is 40. The van der Waals surface area contributed by atoms with Gasteiger partial charge in [-0.2, -0.15) is 0 Å². The molecule has 0 aromatic rings. The van der Waals surface area contributed by atoms with E-state index in [1.807, 2.05) is 21.1 Å². The third kappa shape index (κ3) is 38.3. The monoisotopic (exact) mass is 813 g/mol. The van der Waals surface area contributed by atoms with E-state index < -0.39 is 18.1 Å². The summed E-state index contributed by atoms with van der Waals surface area (Å²) in [6, 6.07) is -0.625. The van der Waals surface area contributed by atoms with Crippen LogP contribution in [0.25, 0.3) is 0 Å². The first-order chi connectivity index (χ1) is 28.1. The van der Waals surface area contributed by atoms with Gasteiger partial charge in [0.05, 0.1) is 34.4 Å². The number of carboxylic acids is 1. The number of carbonyl (C=O) groups excluding carboxylic acids is 2. The molecule has 0 aliphatic carbocycles. The van der Waals surface area contributed by atoms with Gasteiger partial charge in [-0.1, -0.05) is 170 Å². The maximum Gasteiger partial charge on any atom is 0.362 e. The molecular weight excluding hydrogens is 727 g/mol. The minimum absolute atomic E-state index is 0.0414. The van der Waals surface area contributed by atoms with E-state index in [4.69, 9.17) is 14.2 Å². The molecule has 0 rings (SSSR count). The highest BCUT2D eigenvalue weighted by molar-refractivity contribution is 5.72. The molecule has 1 N–H and O–H groups in total. The van der Waals surface area contributed by atoms with Crippen LogP contribution in [0.15, 0.2) is 72.9 Å². The van der Waals surface area contributed by atoms with Gasteiger partial charge < -0.3 is 23.8 Å². The van der Waals surface area contributed by atoms with Gasteiger partial charge in [0.1, 0.15) is 6.61 Å². The molecule has 0 saturated heterocycles. The summed E-state index contributed by atoms with van der Waals surface area (Å²) in [4.78, 5) is 37.0. The lowest BCUT2D eigenvalue weighted by atomic mass is 10.0. The molecule has 0 fully saturated rings. The van der Waals surface area contributed by atoms with Crippen molar-refractivity contribution in [2.45, 2.75) is 187 Å². The van der Waals surface area contributed by atoms with E-state index >= 15 is 0 Å². The second-order valence-electron chi connectivity index (χ2n) is 16.3. The summed E-state index contributed by atoms with van der Waals surface area (Å²) in [5, 5.41) is 9.62. The first-order valence-electron chi connectivity index (χ1n) is 23.0. The van der Waals surface area contributed by atoms with Crippen LogP contribution in [0.1, 0.15) is 174 Å². The van der Waals surface area contributed by atoms with Crippen LogP contribution >= 0.6 is 0 Å². The van der Waals surface area contributed by atoms with Crippen molar-refractivity contribution in [3.05, 3.63) is 72.9 Å². The number of ether oxygens (including phenoxy) is 3. The summed E-state index contributed by atoms with van der Waals surface area (Å²) in [6.07, 6.45) is 50.9. The molecule has 0 bridgehead atoms. The molecule has 332 valence electrons. The van der Waals surface area contributed by atoms with Gasteiger partial charge in [-0.15, -0.1) is 0 Å². The third-order valence-corrected chi connectivity index (χ3v) is 9.87. The van der Waals surface area contributed by atoms with E-state index in [-0.39, 0.29) is 42.7 Å². The fourth-order valence-electron chi connectivity index (χ4n) is 6.34. The van der Waals surface area contributed by atoms with Gasteiger partial charge in [0.2, 0.25) is 0 Å². The summed E-state index contributed by atoms with van der Waals surface area (Å²) in [5.41, 5.74) is 0. The Bertz CT molecular complexity index is 1180. The normalized spacial score (nSPS) is 13.6. The van der Waals surface area contributed by atoms with E-state index in [0.717, 1.165) is 64.2 Å². The predicted octanol–water partition coefficient (Wildman–Crippen LogP) is 12.7. The molecule has 2 unspecified atom stereocenters. The zero-order valence-corrected chi connectivity index (χ0v) is 37.7. The average Bonchev–Trinajstić information content (AvgIpc) is 3.18. The summed E-state index contributed by atoms with van der Waals surface area (Å²) in [5.74, 6) is -1.54. The van der Waals surface area contributed by atoms with Crippen LogP contribution < -0.4 is 0 Å². The standard InChI is InChI=1S/C50H85NO7/c1-6-8-10-12-14-16-18-20-22-23-24-25-26-27-29-30-32-34-36-38-40-48(52)57-45-46(44-56-43-42-47(50(54)55)51(3,4)5)58-49(53)41-39-37-35-33-31-28-21-19-17-15-13-11-9-7-2/h8,10,14,16,20,22,24-25,27,29,32,34,46-47H,6-7,9,11-13,15,17-19,21,23,26,28,30-31,33,35-45H2,1-5H3/p+1/b10-8+,16-14+,22-20+,25-24+,29-27+,34-32+. The van der Waals surface area contributed by atoms with Crippen LogP contribution in [0.4, 0.5) is 0 Å². The van der Waals surface area contributed by atoms with Crippen LogP contribution in [-0.4, -0.2) is 80.6 Å². The predicted molar refractivity (Wildman–Crippen MR) is 243 cm³/mol. The molecule has 0 heterocycles. The van der Waals surface area contributed by atoms with Gasteiger partial charge in [-0.25, -0.2) is 4.79 Å². The summed E-state index contributed by atoms with van der Waals surface area (Å²) < 4.78 is 17.2. The number of aliphatic carboxylic acids is 1. The fraction of sp³-hybridized carbons (Fsp3) is 0.700. The lowest BCUT2D eigenvalue weighted by Gasteiger charge is -2.31. The second-order valence-corrected chi connectivity index (χ2v) is 16.3. The topological polar surface area (TPSA) is 99.1 Å². The highest BCUT2D eigenvalue weighted by Gasteiger charge is 2.31. The van der Waals surface area contributed by atoms with Crippen molar-refractivity contribution in [1.29, 1.82) is 0 Å². The highest BCUT2D eigenvalue weighted by atomic mass is 16.6. The average molecular weight is 813 g/mol. The van der Waals surface area contributed by atoms with Crippen LogP contribution in [0, 0.1) is 0 Å². The Hall–Kier alpha value is -3.23. The largest absolute Gasteiger partial charge is 0.477 e. The summed E-state index contributed by atoms with van der Waals surface area (Å²) in [6.45, 7) is 4.56. The molecule has 0 aliphatic heterocycles. The van der Waals surface area contributed by atoms with Crippen LogP contribution in [0.2, 0.25) is 0 Å². The number of nitrogens with zero attached hydrogens (tertiary/aromatic N) is 1. The van der Waals surface area contributed by atoms with E-state index in [9.17, 15) is 19.5 Å². The number of hydrogen-bond donors (Lipinski definition) is 1. The van der Waals surface area contributed by atoms with Gasteiger partial charge in [-0.05, 0) is 57.8 Å². The van der Waals surface area contributed by atoms with Crippen molar-refractivity contribution < 1.29 is 38.2 Å². The van der Waals surface area contributed by atoms with Crippen molar-refractivity contribution in [3.8, 4) is 0 Å². The third-order valence-electron chi connectivity index (χ3n) is 9.87. The smallest absolute Gasteiger partial charge is 0.362 e. The van der Waals surface area contributed by atoms with Gasteiger partial charge in [0, 0.05) is 19.3 Å². The number of quaternary nitrogens is 1. The SMILES string of the molecule is CC/C=C/C/C=C/C/C=C/C/C=C/C/C=C/C/C=C/CCCC(=O)OCC(COCCC(C(=O)O)[N+](C)(C)C)OC(=O)CCCCCCCCCCCCCCCC. The van der Waals surface area contributed by atoms with Gasteiger partial charge in [0.15, 0.2) is 12.1 Å². The summed E-state index contributed by atoms with van der Waals surface area (Å²) in [7, 11) is 5.51. The Balaban J connectivity index is 4.42. The Morgan fingerprint density at radius 2 is 0.966 bits per heavy atom. The molecule has 0 spiro atoms. The molecule has 0 aliphatic rings. The number of carbonyl (C=O) groups is 3. The fourth-order valence-corrected chi connectivity index (χ4v) is 6.34. The molecular formula is C50H86NO7+. The Morgan fingerprint density at radius 3 is 1.41 bits per heavy atom. The van der Waals surface area contributed by atoms with Crippen LogP contribution in [0.5, 0.6) is 0 Å². The second kappa shape index (κ2) is 40.5. The maximum atomic E-state index is 12.7. The van der Waals surface area contributed by atoms with Crippen LogP contribution in [0.3, 0.4) is 0 Å². The van der Waals surface area contributed by atoms with Crippen molar-refractivity contribution in [1.82, 2.24) is 0 Å². The van der Waals surface area contributed by atoms with Gasteiger partial charge in [0.25, 0.3) is 0 Å². The zero-order valence-electron chi connectivity index (χ0n) is 37.7. The highest BCUT2D eigenvalue weighted by Crippen LogP contribution is 2.14. The molecule has 58 heavy (non-hydrogen) atoms. The van der Waals surface area contributed by atoms with E-state index in [1.165, 1.54) is 70.6 Å². The van der Waals surface area contributed by atoms with Crippen molar-refractivity contribution in [2.75, 3.05) is 41.0 Å². The van der Waals surface area contributed by atoms with Gasteiger partial charge in [-0.3, -0.25) is 9.59 Å². The van der Waals surface area contributed by atoms with Crippen molar-refractivity contribution >= 4 is 17.9 Å². The first kappa shape index (κ1) is 54.8. The Kier molecular flexibility index (Phi) is 38.3. The first-order valence-corrected chi connectivity index (χ1v) is 23.0. The quantitative estimate of drug-likeness (QED) is 0.0285. The zero-order chi connectivity index (χ0) is 42.8. The maximum absolute atomic E-state index is 12.7. The number of allylic oxidation sites excluding steroid dienone is 12. The van der Waals surface area contributed by atoms with Crippen molar-refractivity contribution in [3.63, 3.8) is 0 Å². The molecule has 0 radical (unpaired) electrons. The molecule has 2 atom stereocenters. The molecule has 0 saturated carbocycles. The van der Waals surface area contributed by atoms with E-state index in [0.29, 0.717) is 19.3 Å². The number of unbranched alkanes of at least 4 members (excludes halogenated alkanes) is 14. The molecule has 0 amide bonds. The molecule has 8 heteroatoms. The lowest BCUT2D eigenvalue weighted by molar-refractivity contribution is -0.887. The minimum atomic E-state index is -0.884. The van der Waals surface area contributed by atoms with E-state index in [1.54, 1.807) is 0 Å². The number of hydrogen-bond acceptors (Lipinski definition) is 6. The van der Waals surface area contributed by atoms with Crippen LogP contribution in [-0.2, 0) is 28.6 Å². The number of esters is 2. The van der Waals surface area contributed by atoms with Crippen molar-refractivity contribution in [2.24, 2.45) is 0 Å². The van der Waals surface area contributed by atoms with E-state index in [2.05, 4.69) is 86.8 Å². The Morgan fingerprint density at radius 1 is 0.534 bits per heavy atom. The molecule has 0 aromatic carbocycles. The molecule has 8 nitrogen and oxygen atoms in total. The lowest BCUT2D eigenvalue weighted by Crippen LogP contribution is -2.50. The van der Waals surface area contributed by atoms with Gasteiger partial charge >= 0.3 is 17.9 Å². The molecule has 0 aromatic heterocycles. The number of carboxylic acid groups (broad SMARTS) is 1. The minimum Gasteiger partial charge on any atom is -0.477 e. The number of likely N-dealkylation sites (N-methyl/N-ethyl adjacent to an activating group) is 1.